The largest absolute Gasteiger partial charge is 0.461 e. The smallest absolute Gasteiger partial charge is 0.306 e. The molecule has 0 unspecified atom stereocenters. The third-order valence-electron chi connectivity index (χ3n) is 7.80. The van der Waals surface area contributed by atoms with Gasteiger partial charge in [-0.2, -0.15) is 0 Å². The molecule has 0 bridgehead atoms. The molecule has 0 aliphatic carbocycles. The molecular formula is C32H48N6O9. The summed E-state index contributed by atoms with van der Waals surface area (Å²) in [5, 5.41) is 22.4. The maximum Gasteiger partial charge on any atom is 0.306 e. The molecule has 1 aromatic carbocycles. The van der Waals surface area contributed by atoms with Crippen LogP contribution in [-0.4, -0.2) is 83.3 Å². The van der Waals surface area contributed by atoms with E-state index in [0.717, 1.165) is 5.56 Å². The normalized spacial score (nSPS) is 17.3. The van der Waals surface area contributed by atoms with Crippen LogP contribution in [0.3, 0.4) is 0 Å². The topological polar surface area (TPSA) is 235 Å². The molecule has 1 aromatic rings. The Labute approximate surface area is 274 Å². The fourth-order valence-electron chi connectivity index (χ4n) is 4.83. The zero-order valence-electron chi connectivity index (χ0n) is 27.4. The minimum Gasteiger partial charge on any atom is -0.461 e. The summed E-state index contributed by atoms with van der Waals surface area (Å²) in [7, 11) is 0. The SMILES string of the molecule is CC[C@H](C)[C@H](NC(=O)[C@H](CC(C)C)NC(=O)[C@H](CO)NC(=O)[C@H]1CCC(=O)N1)C(=O)N[C@H](CCC(=O)OCc1ccccc1)C(N)=O. The second-order valence-electron chi connectivity index (χ2n) is 12.1. The molecule has 1 aliphatic heterocycles. The second-order valence-corrected chi connectivity index (χ2v) is 12.1. The summed E-state index contributed by atoms with van der Waals surface area (Å²) in [6.07, 6.45) is 0.711. The number of ether oxygens (including phenoxy) is 1. The van der Waals surface area contributed by atoms with E-state index >= 15 is 0 Å². The van der Waals surface area contributed by atoms with Gasteiger partial charge in [-0.3, -0.25) is 33.6 Å². The van der Waals surface area contributed by atoms with E-state index in [4.69, 9.17) is 10.5 Å². The number of nitrogens with two attached hydrogens (primary N) is 1. The molecular weight excluding hydrogens is 612 g/mol. The van der Waals surface area contributed by atoms with Gasteiger partial charge in [-0.05, 0) is 36.7 Å². The minimum absolute atomic E-state index is 0.0492. The van der Waals surface area contributed by atoms with Gasteiger partial charge < -0.3 is 42.2 Å². The first-order chi connectivity index (χ1) is 22.2. The zero-order valence-corrected chi connectivity index (χ0v) is 27.4. The number of carbonyl (C=O) groups is 7. The van der Waals surface area contributed by atoms with Crippen LogP contribution in [0.2, 0.25) is 0 Å². The Hall–Kier alpha value is -4.53. The van der Waals surface area contributed by atoms with Gasteiger partial charge in [0.15, 0.2) is 0 Å². The van der Waals surface area contributed by atoms with Crippen LogP contribution in [0.25, 0.3) is 0 Å². The lowest BCUT2D eigenvalue weighted by Gasteiger charge is -2.29. The zero-order chi connectivity index (χ0) is 35.1. The molecule has 0 spiro atoms. The molecule has 1 heterocycles. The van der Waals surface area contributed by atoms with Crippen molar-refractivity contribution in [2.24, 2.45) is 17.6 Å². The Morgan fingerprint density at radius 1 is 0.936 bits per heavy atom. The lowest BCUT2D eigenvalue weighted by molar-refractivity contribution is -0.145. The second kappa shape index (κ2) is 19.2. The minimum atomic E-state index is -1.40. The maximum absolute atomic E-state index is 13.5. The van der Waals surface area contributed by atoms with Gasteiger partial charge in [-0.25, -0.2) is 0 Å². The van der Waals surface area contributed by atoms with Crippen molar-refractivity contribution < 1.29 is 43.4 Å². The number of carbonyl (C=O) groups excluding carboxylic acids is 7. The fraction of sp³-hybridized carbons (Fsp3) is 0.594. The lowest BCUT2D eigenvalue weighted by Crippen LogP contribution is -2.60. The molecule has 47 heavy (non-hydrogen) atoms. The Morgan fingerprint density at radius 2 is 1.57 bits per heavy atom. The van der Waals surface area contributed by atoms with Crippen LogP contribution in [0.15, 0.2) is 30.3 Å². The van der Waals surface area contributed by atoms with Gasteiger partial charge in [-0.1, -0.05) is 64.4 Å². The van der Waals surface area contributed by atoms with Gasteiger partial charge in [0.1, 0.15) is 36.8 Å². The molecule has 15 heteroatoms. The van der Waals surface area contributed by atoms with Crippen molar-refractivity contribution in [3.05, 3.63) is 35.9 Å². The summed E-state index contributed by atoms with van der Waals surface area (Å²) < 4.78 is 5.23. The van der Waals surface area contributed by atoms with Crippen LogP contribution in [0.5, 0.6) is 0 Å². The molecule has 1 aliphatic rings. The predicted octanol–water partition coefficient (Wildman–Crippen LogP) is -0.702. The van der Waals surface area contributed by atoms with Crippen LogP contribution in [0.4, 0.5) is 0 Å². The van der Waals surface area contributed by atoms with E-state index in [9.17, 15) is 38.7 Å². The number of aliphatic hydroxyl groups excluding tert-OH is 1. The summed E-state index contributed by atoms with van der Waals surface area (Å²) >= 11 is 0. The Bertz CT molecular complexity index is 1260. The van der Waals surface area contributed by atoms with E-state index in [2.05, 4.69) is 26.6 Å². The molecule has 0 radical (unpaired) electrons. The average molecular weight is 661 g/mol. The van der Waals surface area contributed by atoms with Crippen molar-refractivity contribution in [1.82, 2.24) is 26.6 Å². The Kier molecular flexibility index (Phi) is 15.8. The maximum atomic E-state index is 13.5. The summed E-state index contributed by atoms with van der Waals surface area (Å²) in [4.78, 5) is 88.4. The van der Waals surface area contributed by atoms with E-state index in [1.165, 1.54) is 0 Å². The number of nitrogens with one attached hydrogen (secondary N) is 5. The Balaban J connectivity index is 2.06. The molecule has 0 saturated carbocycles. The van der Waals surface area contributed by atoms with E-state index in [1.54, 1.807) is 38.1 Å². The van der Waals surface area contributed by atoms with Crippen LogP contribution in [-0.2, 0) is 44.9 Å². The van der Waals surface area contributed by atoms with Crippen molar-refractivity contribution in [1.29, 1.82) is 0 Å². The highest BCUT2D eigenvalue weighted by Crippen LogP contribution is 2.13. The standard InChI is InChI=1S/C32H48N6O9/c1-5-19(4)27(32(46)35-21(28(33)42)12-14-26(41)47-17-20-9-7-6-8-10-20)38-30(44)23(15-18(2)3)36-31(45)24(16-39)37-29(43)22-11-13-25(40)34-22/h6-10,18-19,21-24,27,39H,5,11-17H2,1-4H3,(H2,33,42)(H,34,40)(H,35,46)(H,36,45)(H,37,43)(H,38,44)/t19-,21+,22+,23-,24-,27-/m0/s1. The summed E-state index contributed by atoms with van der Waals surface area (Å²) in [6, 6.07) is 3.29. The summed E-state index contributed by atoms with van der Waals surface area (Å²) in [6.45, 7) is 6.46. The molecule has 2 rings (SSSR count). The van der Waals surface area contributed by atoms with Crippen molar-refractivity contribution >= 4 is 41.4 Å². The van der Waals surface area contributed by atoms with Crippen molar-refractivity contribution in [2.75, 3.05) is 6.61 Å². The number of rotatable bonds is 19. The average Bonchev–Trinajstić information content (AvgIpc) is 3.48. The first-order valence-electron chi connectivity index (χ1n) is 15.9. The van der Waals surface area contributed by atoms with E-state index in [-0.39, 0.29) is 50.5 Å². The molecule has 1 saturated heterocycles. The first kappa shape index (κ1) is 38.7. The number of aliphatic hydroxyl groups is 1. The molecule has 15 nitrogen and oxygen atoms in total. The third-order valence-corrected chi connectivity index (χ3v) is 7.80. The van der Waals surface area contributed by atoms with Gasteiger partial charge in [0, 0.05) is 12.8 Å². The van der Waals surface area contributed by atoms with E-state index < -0.39 is 78.2 Å². The third kappa shape index (κ3) is 13.0. The molecule has 6 atom stereocenters. The highest BCUT2D eigenvalue weighted by molar-refractivity contribution is 5.97. The van der Waals surface area contributed by atoms with Crippen LogP contribution in [0.1, 0.15) is 71.8 Å². The van der Waals surface area contributed by atoms with Crippen molar-refractivity contribution in [2.45, 2.75) is 103 Å². The summed E-state index contributed by atoms with van der Waals surface area (Å²) in [5.74, 6) is -5.13. The fourth-order valence-corrected chi connectivity index (χ4v) is 4.83. The van der Waals surface area contributed by atoms with Crippen LogP contribution < -0.4 is 32.3 Å². The van der Waals surface area contributed by atoms with Gasteiger partial charge in [0.05, 0.1) is 6.61 Å². The highest BCUT2D eigenvalue weighted by atomic mass is 16.5. The van der Waals surface area contributed by atoms with Gasteiger partial charge >= 0.3 is 5.97 Å². The summed E-state index contributed by atoms with van der Waals surface area (Å²) in [5.41, 5.74) is 6.30. The predicted molar refractivity (Wildman–Crippen MR) is 170 cm³/mol. The van der Waals surface area contributed by atoms with Crippen LogP contribution >= 0.6 is 0 Å². The lowest BCUT2D eigenvalue weighted by atomic mass is 9.96. The van der Waals surface area contributed by atoms with Gasteiger partial charge in [-0.15, -0.1) is 0 Å². The quantitative estimate of drug-likeness (QED) is 0.0928. The molecule has 6 amide bonds. The molecule has 0 aromatic heterocycles. The van der Waals surface area contributed by atoms with Gasteiger partial charge in [0.2, 0.25) is 35.4 Å². The van der Waals surface area contributed by atoms with E-state index in [0.29, 0.717) is 6.42 Å². The Morgan fingerprint density at radius 3 is 2.13 bits per heavy atom. The molecule has 8 N–H and O–H groups in total. The monoisotopic (exact) mass is 660 g/mol. The van der Waals surface area contributed by atoms with Crippen LogP contribution in [0, 0.1) is 11.8 Å². The number of hydrogen-bond donors (Lipinski definition) is 7. The van der Waals surface area contributed by atoms with Crippen molar-refractivity contribution in [3.63, 3.8) is 0 Å². The molecule has 260 valence electrons. The van der Waals surface area contributed by atoms with E-state index in [1.807, 2.05) is 19.9 Å². The highest BCUT2D eigenvalue weighted by Gasteiger charge is 2.34. The van der Waals surface area contributed by atoms with Crippen molar-refractivity contribution in [3.8, 4) is 0 Å². The number of benzene rings is 1. The number of amides is 6. The van der Waals surface area contributed by atoms with Gasteiger partial charge in [0.25, 0.3) is 0 Å². The molecule has 1 fully saturated rings. The first-order valence-corrected chi connectivity index (χ1v) is 15.9. The number of esters is 1. The number of primary amides is 1. The number of hydrogen-bond acceptors (Lipinski definition) is 9.